The molecular weight excluding hydrogens is 370 g/mol. The van der Waals surface area contributed by atoms with Gasteiger partial charge in [0.25, 0.3) is 5.91 Å². The summed E-state index contributed by atoms with van der Waals surface area (Å²) in [5.74, 6) is -0.780. The molecule has 1 fully saturated rings. The fraction of sp³-hybridized carbons (Fsp3) is 0.316. The molecule has 3 N–H and O–H groups in total. The number of carbonyl (C=O) groups is 1. The molecule has 0 aromatic heterocycles. The Morgan fingerprint density at radius 2 is 1.85 bits per heavy atom. The van der Waals surface area contributed by atoms with Crippen molar-refractivity contribution < 1.29 is 14.8 Å². The number of primary amides is 1. The standard InChI is InChI=1S/C19H20ClN3O4/c20-14-6-4-12(5-7-14)18(24)13-8-10-22(11-9-13)16-3-1-2-15(19(21)25)17(16)23(26)27/h1-7,13,18,24H,8-11H2,(H2,21,25)/t18-/m0/s1. The number of para-hydroxylation sites is 1. The van der Waals surface area contributed by atoms with E-state index in [0.717, 1.165) is 5.56 Å². The zero-order valence-electron chi connectivity index (χ0n) is 14.5. The molecule has 0 saturated carbocycles. The van der Waals surface area contributed by atoms with Crippen LogP contribution in [0.5, 0.6) is 0 Å². The minimum Gasteiger partial charge on any atom is -0.388 e. The van der Waals surface area contributed by atoms with Gasteiger partial charge in [0, 0.05) is 18.1 Å². The Labute approximate surface area is 161 Å². The smallest absolute Gasteiger partial charge is 0.305 e. The minimum absolute atomic E-state index is 0.0424. The molecule has 1 atom stereocenters. The van der Waals surface area contributed by atoms with Gasteiger partial charge in [0.1, 0.15) is 11.3 Å². The van der Waals surface area contributed by atoms with Crippen molar-refractivity contribution in [3.8, 4) is 0 Å². The largest absolute Gasteiger partial charge is 0.388 e. The average Bonchev–Trinajstić information content (AvgIpc) is 2.67. The fourth-order valence-corrected chi connectivity index (χ4v) is 3.69. The summed E-state index contributed by atoms with van der Waals surface area (Å²) in [6.07, 6.45) is 0.722. The molecule has 8 heteroatoms. The van der Waals surface area contributed by atoms with Gasteiger partial charge in [-0.3, -0.25) is 14.9 Å². The maximum atomic E-state index is 11.5. The van der Waals surface area contributed by atoms with Crippen molar-refractivity contribution in [1.29, 1.82) is 0 Å². The van der Waals surface area contributed by atoms with Crippen molar-refractivity contribution in [2.75, 3.05) is 18.0 Å². The molecule has 2 aromatic carbocycles. The summed E-state index contributed by atoms with van der Waals surface area (Å²) in [7, 11) is 0. The number of halogens is 1. The Morgan fingerprint density at radius 1 is 1.22 bits per heavy atom. The van der Waals surface area contributed by atoms with Crippen molar-refractivity contribution >= 4 is 28.9 Å². The van der Waals surface area contributed by atoms with Crippen LogP contribution in [-0.4, -0.2) is 29.0 Å². The van der Waals surface area contributed by atoms with Crippen LogP contribution >= 0.6 is 11.6 Å². The molecule has 142 valence electrons. The van der Waals surface area contributed by atoms with Gasteiger partial charge in [0.2, 0.25) is 0 Å². The number of nitrogens with zero attached hydrogens (tertiary/aromatic N) is 2. The minimum atomic E-state index is -0.823. The number of piperidine rings is 1. The van der Waals surface area contributed by atoms with E-state index in [2.05, 4.69) is 0 Å². The number of aliphatic hydroxyl groups is 1. The summed E-state index contributed by atoms with van der Waals surface area (Å²) < 4.78 is 0. The van der Waals surface area contributed by atoms with E-state index in [1.165, 1.54) is 6.07 Å². The van der Waals surface area contributed by atoms with Crippen LogP contribution in [-0.2, 0) is 0 Å². The number of nitro groups is 1. The maximum Gasteiger partial charge on any atom is 0.305 e. The number of nitrogens with two attached hydrogens (primary N) is 1. The van der Waals surface area contributed by atoms with Crippen LogP contribution < -0.4 is 10.6 Å². The SMILES string of the molecule is NC(=O)c1cccc(N2CCC([C@@H](O)c3ccc(Cl)cc3)CC2)c1[N+](=O)[O-]. The third kappa shape index (κ3) is 4.04. The number of amides is 1. The van der Waals surface area contributed by atoms with E-state index in [9.17, 15) is 20.0 Å². The Bertz CT molecular complexity index is 849. The maximum absolute atomic E-state index is 11.5. The Morgan fingerprint density at radius 3 is 2.41 bits per heavy atom. The quantitative estimate of drug-likeness (QED) is 0.602. The van der Waals surface area contributed by atoms with Crippen LogP contribution in [0.3, 0.4) is 0 Å². The van der Waals surface area contributed by atoms with Crippen molar-refractivity contribution in [3.05, 3.63) is 68.7 Å². The topological polar surface area (TPSA) is 110 Å². The monoisotopic (exact) mass is 389 g/mol. The van der Waals surface area contributed by atoms with Crippen molar-refractivity contribution in [2.45, 2.75) is 18.9 Å². The first-order valence-corrected chi connectivity index (χ1v) is 9.02. The van der Waals surface area contributed by atoms with E-state index in [-0.39, 0.29) is 17.2 Å². The number of rotatable bonds is 5. The lowest BCUT2D eigenvalue weighted by Crippen LogP contribution is -2.36. The molecule has 1 saturated heterocycles. The number of anilines is 1. The molecule has 0 spiro atoms. The molecule has 0 unspecified atom stereocenters. The fourth-order valence-electron chi connectivity index (χ4n) is 3.57. The first kappa shape index (κ1) is 19.1. The van der Waals surface area contributed by atoms with Crippen LogP contribution in [0, 0.1) is 16.0 Å². The molecule has 2 aromatic rings. The Balaban J connectivity index is 1.76. The summed E-state index contributed by atoms with van der Waals surface area (Å²) in [5.41, 5.74) is 6.11. The van der Waals surface area contributed by atoms with Gasteiger partial charge >= 0.3 is 5.69 Å². The summed E-state index contributed by atoms with van der Waals surface area (Å²) in [6, 6.07) is 11.7. The van der Waals surface area contributed by atoms with Gasteiger partial charge in [-0.15, -0.1) is 0 Å². The molecule has 0 aliphatic carbocycles. The second-order valence-corrected chi connectivity index (χ2v) is 7.05. The van der Waals surface area contributed by atoms with Gasteiger partial charge in [-0.25, -0.2) is 0 Å². The van der Waals surface area contributed by atoms with Gasteiger partial charge in [-0.2, -0.15) is 0 Å². The molecule has 0 bridgehead atoms. The predicted octanol–water partition coefficient (Wildman–Crippen LogP) is 3.30. The normalized spacial score (nSPS) is 16.1. The highest BCUT2D eigenvalue weighted by Gasteiger charge is 2.31. The van der Waals surface area contributed by atoms with E-state index in [4.69, 9.17) is 17.3 Å². The average molecular weight is 390 g/mol. The predicted molar refractivity (Wildman–Crippen MR) is 103 cm³/mol. The molecule has 1 heterocycles. The third-order valence-electron chi connectivity index (χ3n) is 5.00. The Kier molecular flexibility index (Phi) is 5.62. The second kappa shape index (κ2) is 7.94. The molecular formula is C19H20ClN3O4. The first-order chi connectivity index (χ1) is 12.9. The van der Waals surface area contributed by atoms with Crippen LogP contribution in [0.1, 0.15) is 34.9 Å². The Hall–Kier alpha value is -2.64. The lowest BCUT2D eigenvalue weighted by Gasteiger charge is -2.35. The number of nitro benzene ring substituents is 1. The highest BCUT2D eigenvalue weighted by molar-refractivity contribution is 6.30. The van der Waals surface area contributed by atoms with Crippen molar-refractivity contribution in [1.82, 2.24) is 0 Å². The van der Waals surface area contributed by atoms with E-state index in [1.807, 2.05) is 4.90 Å². The number of carbonyl (C=O) groups excluding carboxylic acids is 1. The van der Waals surface area contributed by atoms with E-state index < -0.39 is 16.9 Å². The zero-order chi connectivity index (χ0) is 19.6. The summed E-state index contributed by atoms with van der Waals surface area (Å²) in [6.45, 7) is 1.08. The number of benzene rings is 2. The van der Waals surface area contributed by atoms with Gasteiger partial charge in [0.05, 0.1) is 11.0 Å². The molecule has 1 amide bonds. The summed E-state index contributed by atoms with van der Waals surface area (Å²) >= 11 is 5.89. The van der Waals surface area contributed by atoms with Crippen molar-refractivity contribution in [3.63, 3.8) is 0 Å². The number of hydrogen-bond donors (Lipinski definition) is 2. The molecule has 7 nitrogen and oxygen atoms in total. The van der Waals surface area contributed by atoms with Gasteiger partial charge in [0.15, 0.2) is 0 Å². The molecule has 1 aliphatic rings. The van der Waals surface area contributed by atoms with E-state index in [1.54, 1.807) is 36.4 Å². The summed E-state index contributed by atoms with van der Waals surface area (Å²) in [5, 5.41) is 22.7. The second-order valence-electron chi connectivity index (χ2n) is 6.62. The molecule has 3 rings (SSSR count). The van der Waals surface area contributed by atoms with Crippen molar-refractivity contribution in [2.24, 2.45) is 11.7 Å². The van der Waals surface area contributed by atoms with E-state index >= 15 is 0 Å². The van der Waals surface area contributed by atoms with Crippen LogP contribution in [0.4, 0.5) is 11.4 Å². The van der Waals surface area contributed by atoms with Crippen LogP contribution in [0.25, 0.3) is 0 Å². The lowest BCUT2D eigenvalue weighted by molar-refractivity contribution is -0.384. The lowest BCUT2D eigenvalue weighted by atomic mass is 9.87. The van der Waals surface area contributed by atoms with Gasteiger partial charge < -0.3 is 15.7 Å². The number of aliphatic hydroxyl groups excluding tert-OH is 1. The first-order valence-electron chi connectivity index (χ1n) is 8.64. The van der Waals surface area contributed by atoms with Gasteiger partial charge in [-0.05, 0) is 48.6 Å². The number of hydrogen-bond acceptors (Lipinski definition) is 5. The third-order valence-corrected chi connectivity index (χ3v) is 5.25. The molecule has 1 aliphatic heterocycles. The highest BCUT2D eigenvalue weighted by atomic mass is 35.5. The summed E-state index contributed by atoms with van der Waals surface area (Å²) in [4.78, 5) is 24.3. The zero-order valence-corrected chi connectivity index (χ0v) is 15.3. The highest BCUT2D eigenvalue weighted by Crippen LogP contribution is 2.37. The molecule has 27 heavy (non-hydrogen) atoms. The molecule has 0 radical (unpaired) electrons. The van der Waals surface area contributed by atoms with Crippen LogP contribution in [0.2, 0.25) is 5.02 Å². The van der Waals surface area contributed by atoms with Crippen LogP contribution in [0.15, 0.2) is 42.5 Å². The van der Waals surface area contributed by atoms with Gasteiger partial charge in [-0.1, -0.05) is 29.8 Å². The van der Waals surface area contributed by atoms with E-state index in [0.29, 0.717) is 36.6 Å².